The lowest BCUT2D eigenvalue weighted by atomic mass is 10.1. The topological polar surface area (TPSA) is 116 Å². The standard InChI is InChI=1S/C16H29N3O5S/c1-12(20)25-10-6-4-5-7-14(21)19(3)13(11-15(22)23)16(24)18-9-8-17-2/h13,17H,4-11H2,1-3H3,(H,18,24)(H,22,23). The van der Waals surface area contributed by atoms with Gasteiger partial charge in [-0.15, -0.1) is 0 Å². The summed E-state index contributed by atoms with van der Waals surface area (Å²) in [6.07, 6.45) is 2.11. The normalized spacial score (nSPS) is 11.6. The van der Waals surface area contributed by atoms with E-state index in [1.54, 1.807) is 7.05 Å². The number of unbranched alkanes of at least 4 members (excludes halogenated alkanes) is 2. The van der Waals surface area contributed by atoms with Crippen molar-refractivity contribution in [1.82, 2.24) is 15.5 Å². The Morgan fingerprint density at radius 2 is 1.80 bits per heavy atom. The predicted octanol–water partition coefficient (Wildman–Crippen LogP) is 0.464. The van der Waals surface area contributed by atoms with Crippen LogP contribution in [0.25, 0.3) is 0 Å². The minimum Gasteiger partial charge on any atom is -0.481 e. The van der Waals surface area contributed by atoms with E-state index < -0.39 is 24.3 Å². The molecule has 0 aliphatic carbocycles. The van der Waals surface area contributed by atoms with E-state index in [9.17, 15) is 19.2 Å². The van der Waals surface area contributed by atoms with Crippen LogP contribution in [0.2, 0.25) is 0 Å². The number of likely N-dealkylation sites (N-methyl/N-ethyl adjacent to an activating group) is 2. The van der Waals surface area contributed by atoms with Crippen LogP contribution in [-0.2, 0) is 19.2 Å². The molecule has 8 nitrogen and oxygen atoms in total. The number of hydrogen-bond donors (Lipinski definition) is 3. The van der Waals surface area contributed by atoms with E-state index in [0.29, 0.717) is 19.5 Å². The number of carbonyl (C=O) groups excluding carboxylic acids is 3. The molecule has 0 aromatic heterocycles. The van der Waals surface area contributed by atoms with Gasteiger partial charge in [-0.3, -0.25) is 19.2 Å². The second-order valence-electron chi connectivity index (χ2n) is 5.66. The third kappa shape index (κ3) is 11.5. The van der Waals surface area contributed by atoms with Gasteiger partial charge in [0.2, 0.25) is 11.8 Å². The number of carboxylic acid groups (broad SMARTS) is 1. The summed E-state index contributed by atoms with van der Waals surface area (Å²) in [4.78, 5) is 47.4. The molecule has 0 radical (unpaired) electrons. The Morgan fingerprint density at radius 3 is 2.36 bits per heavy atom. The van der Waals surface area contributed by atoms with Gasteiger partial charge in [-0.05, 0) is 19.9 Å². The van der Waals surface area contributed by atoms with E-state index in [2.05, 4.69) is 10.6 Å². The fraction of sp³-hybridized carbons (Fsp3) is 0.750. The van der Waals surface area contributed by atoms with E-state index in [1.807, 2.05) is 0 Å². The molecule has 0 aromatic carbocycles. The van der Waals surface area contributed by atoms with Crippen molar-refractivity contribution < 1.29 is 24.3 Å². The number of aliphatic carboxylic acids is 1. The maximum atomic E-state index is 12.2. The first-order valence-electron chi connectivity index (χ1n) is 8.32. The zero-order chi connectivity index (χ0) is 19.2. The molecule has 1 unspecified atom stereocenters. The molecule has 0 spiro atoms. The van der Waals surface area contributed by atoms with Gasteiger partial charge in [0.05, 0.1) is 6.42 Å². The first-order valence-corrected chi connectivity index (χ1v) is 9.31. The quantitative estimate of drug-likeness (QED) is 0.401. The lowest BCUT2D eigenvalue weighted by Crippen LogP contribution is -2.49. The second kappa shape index (κ2) is 13.7. The first kappa shape index (κ1) is 23.4. The highest BCUT2D eigenvalue weighted by atomic mass is 32.2. The molecule has 0 aromatic rings. The van der Waals surface area contributed by atoms with Gasteiger partial charge in [-0.25, -0.2) is 0 Å². The monoisotopic (exact) mass is 375 g/mol. The average Bonchev–Trinajstić information content (AvgIpc) is 2.54. The highest BCUT2D eigenvalue weighted by Gasteiger charge is 2.28. The molecule has 144 valence electrons. The lowest BCUT2D eigenvalue weighted by Gasteiger charge is -2.26. The van der Waals surface area contributed by atoms with Gasteiger partial charge in [0.1, 0.15) is 6.04 Å². The maximum Gasteiger partial charge on any atom is 0.305 e. The summed E-state index contributed by atoms with van der Waals surface area (Å²) >= 11 is 1.26. The van der Waals surface area contributed by atoms with Crippen LogP contribution in [0, 0.1) is 0 Å². The van der Waals surface area contributed by atoms with Crippen LogP contribution in [0.4, 0.5) is 0 Å². The van der Waals surface area contributed by atoms with Gasteiger partial charge in [0.15, 0.2) is 5.12 Å². The Hall–Kier alpha value is -1.61. The Kier molecular flexibility index (Phi) is 12.8. The molecule has 0 rings (SSSR count). The molecule has 1 atom stereocenters. The van der Waals surface area contributed by atoms with Crippen molar-refractivity contribution in [1.29, 1.82) is 0 Å². The van der Waals surface area contributed by atoms with Crippen molar-refractivity contribution in [2.45, 2.75) is 45.1 Å². The number of carboxylic acids is 1. The number of nitrogens with zero attached hydrogens (tertiary/aromatic N) is 1. The second-order valence-corrected chi connectivity index (χ2v) is 6.94. The summed E-state index contributed by atoms with van der Waals surface area (Å²) in [6.45, 7) is 2.44. The van der Waals surface area contributed by atoms with Crippen LogP contribution < -0.4 is 10.6 Å². The van der Waals surface area contributed by atoms with Crippen molar-refractivity contribution in [3.63, 3.8) is 0 Å². The molecule has 3 N–H and O–H groups in total. The van der Waals surface area contributed by atoms with E-state index in [-0.39, 0.29) is 17.4 Å². The Balaban J connectivity index is 4.39. The number of hydrogen-bond acceptors (Lipinski definition) is 6. The number of rotatable bonds is 13. The lowest BCUT2D eigenvalue weighted by molar-refractivity contribution is -0.145. The van der Waals surface area contributed by atoms with E-state index in [1.165, 1.54) is 30.6 Å². The van der Waals surface area contributed by atoms with Crippen LogP contribution >= 0.6 is 11.8 Å². The molecule has 0 bridgehead atoms. The summed E-state index contributed by atoms with van der Waals surface area (Å²) in [5.74, 6) is -1.12. The van der Waals surface area contributed by atoms with Gasteiger partial charge >= 0.3 is 5.97 Å². The fourth-order valence-corrected chi connectivity index (χ4v) is 2.76. The van der Waals surface area contributed by atoms with Crippen LogP contribution in [0.3, 0.4) is 0 Å². The fourth-order valence-electron chi connectivity index (χ4n) is 2.12. The zero-order valence-corrected chi connectivity index (χ0v) is 16.0. The van der Waals surface area contributed by atoms with Gasteiger partial charge in [-0.2, -0.15) is 0 Å². The minimum atomic E-state index is -1.13. The third-order valence-corrected chi connectivity index (χ3v) is 4.45. The van der Waals surface area contributed by atoms with Crippen molar-refractivity contribution in [3.8, 4) is 0 Å². The summed E-state index contributed by atoms with van der Waals surface area (Å²) < 4.78 is 0. The first-order chi connectivity index (χ1) is 11.8. The summed E-state index contributed by atoms with van der Waals surface area (Å²) in [5.41, 5.74) is 0. The van der Waals surface area contributed by atoms with E-state index in [0.717, 1.165) is 18.6 Å². The van der Waals surface area contributed by atoms with Gasteiger partial charge < -0.3 is 20.6 Å². The van der Waals surface area contributed by atoms with E-state index in [4.69, 9.17) is 5.11 Å². The molecule has 9 heteroatoms. The SMILES string of the molecule is CNCCNC(=O)C(CC(=O)O)N(C)C(=O)CCCCCSC(C)=O. The molecule has 0 fully saturated rings. The van der Waals surface area contributed by atoms with Crippen LogP contribution in [0.5, 0.6) is 0 Å². The molecule has 0 saturated carbocycles. The van der Waals surface area contributed by atoms with Crippen molar-refractivity contribution in [2.75, 3.05) is 32.9 Å². The number of thioether (sulfide) groups is 1. The largest absolute Gasteiger partial charge is 0.481 e. The van der Waals surface area contributed by atoms with Gasteiger partial charge in [0, 0.05) is 39.2 Å². The zero-order valence-electron chi connectivity index (χ0n) is 15.2. The smallest absolute Gasteiger partial charge is 0.305 e. The minimum absolute atomic E-state index is 0.0802. The maximum absolute atomic E-state index is 12.2. The molecular weight excluding hydrogens is 346 g/mol. The average molecular weight is 375 g/mol. The third-order valence-electron chi connectivity index (χ3n) is 3.55. The number of nitrogens with one attached hydrogen (secondary N) is 2. The Bertz CT molecular complexity index is 459. The Morgan fingerprint density at radius 1 is 1.12 bits per heavy atom. The summed E-state index contributed by atoms with van der Waals surface area (Å²) in [5, 5.41) is 14.6. The molecule has 25 heavy (non-hydrogen) atoms. The van der Waals surface area contributed by atoms with Crippen molar-refractivity contribution >= 4 is 34.7 Å². The summed E-state index contributed by atoms with van der Waals surface area (Å²) in [6, 6.07) is -1.02. The van der Waals surface area contributed by atoms with Crippen molar-refractivity contribution in [3.05, 3.63) is 0 Å². The molecule has 0 aliphatic rings. The molecule has 0 heterocycles. The van der Waals surface area contributed by atoms with Crippen LogP contribution in [-0.4, -0.2) is 71.9 Å². The van der Waals surface area contributed by atoms with Gasteiger partial charge in [-0.1, -0.05) is 18.2 Å². The summed E-state index contributed by atoms with van der Waals surface area (Å²) in [7, 11) is 3.20. The molecular formula is C16H29N3O5S. The van der Waals surface area contributed by atoms with Crippen LogP contribution in [0.1, 0.15) is 39.0 Å². The number of carbonyl (C=O) groups is 4. The van der Waals surface area contributed by atoms with Crippen LogP contribution in [0.15, 0.2) is 0 Å². The highest BCUT2D eigenvalue weighted by Crippen LogP contribution is 2.11. The Labute approximate surface area is 153 Å². The van der Waals surface area contributed by atoms with E-state index >= 15 is 0 Å². The predicted molar refractivity (Wildman–Crippen MR) is 97.4 cm³/mol. The number of amides is 2. The molecule has 0 saturated heterocycles. The van der Waals surface area contributed by atoms with Crippen molar-refractivity contribution in [2.24, 2.45) is 0 Å². The molecule has 0 aliphatic heterocycles. The highest BCUT2D eigenvalue weighted by molar-refractivity contribution is 8.13. The molecule has 2 amide bonds. The van der Waals surface area contributed by atoms with Gasteiger partial charge in [0.25, 0.3) is 0 Å².